The van der Waals surface area contributed by atoms with E-state index < -0.39 is 6.09 Å². The number of methoxy groups -OCH3 is 1. The van der Waals surface area contributed by atoms with Gasteiger partial charge in [-0.3, -0.25) is 9.78 Å². The van der Waals surface area contributed by atoms with Gasteiger partial charge in [0.25, 0.3) is 0 Å². The molecule has 0 aromatic carbocycles. The van der Waals surface area contributed by atoms with Crippen LogP contribution >= 0.6 is 23.2 Å². The molecule has 2 aliphatic rings. The van der Waals surface area contributed by atoms with Crippen molar-refractivity contribution in [3.8, 4) is 11.3 Å². The summed E-state index contributed by atoms with van der Waals surface area (Å²) in [5.74, 6) is 1.00. The molecule has 0 saturated carbocycles. The van der Waals surface area contributed by atoms with Crippen LogP contribution in [0, 0.1) is 11.8 Å². The van der Waals surface area contributed by atoms with Crippen molar-refractivity contribution in [3.05, 3.63) is 40.1 Å². The van der Waals surface area contributed by atoms with E-state index >= 15 is 0 Å². The third-order valence-corrected chi connectivity index (χ3v) is 7.63. The van der Waals surface area contributed by atoms with Crippen LogP contribution in [-0.2, 0) is 20.7 Å². The molecule has 2 fully saturated rings. The van der Waals surface area contributed by atoms with Crippen molar-refractivity contribution in [1.82, 2.24) is 14.9 Å². The van der Waals surface area contributed by atoms with Gasteiger partial charge in [0.05, 0.1) is 22.8 Å². The maximum absolute atomic E-state index is 13.0. The number of carbonyl (C=O) groups is 2. The van der Waals surface area contributed by atoms with Crippen molar-refractivity contribution in [2.45, 2.75) is 45.1 Å². The molecule has 36 heavy (non-hydrogen) atoms. The minimum atomic E-state index is -0.403. The van der Waals surface area contributed by atoms with E-state index in [9.17, 15) is 9.59 Å². The summed E-state index contributed by atoms with van der Waals surface area (Å²) < 4.78 is 10.3. The standard InChI is InChI=1S/C26H32Cl2N4O4/c1-16(17-7-10-36-11-8-17)30-24-6-5-21(27)25(31-24)20-12-19(29-14-22(20)28)13-23(33)18-4-3-9-32(15-18)26(34)35-2/h5-6,12,14,16-18H,3-4,7-11,13,15H2,1-2H3,(H,30,31)/t16-,18+/m1/s1. The first kappa shape index (κ1) is 26.6. The zero-order valence-electron chi connectivity index (χ0n) is 20.6. The first-order valence-corrected chi connectivity index (χ1v) is 13.1. The predicted octanol–water partition coefficient (Wildman–Crippen LogP) is 5.27. The lowest BCUT2D eigenvalue weighted by Crippen LogP contribution is -2.42. The van der Waals surface area contributed by atoms with E-state index in [-0.39, 0.29) is 24.2 Å². The van der Waals surface area contributed by atoms with Crippen LogP contribution in [0.4, 0.5) is 10.6 Å². The van der Waals surface area contributed by atoms with Crippen molar-refractivity contribution in [2.75, 3.05) is 38.7 Å². The number of ketones is 1. The van der Waals surface area contributed by atoms with E-state index in [4.69, 9.17) is 37.7 Å². The molecule has 0 aliphatic carbocycles. The van der Waals surface area contributed by atoms with E-state index in [0.29, 0.717) is 51.8 Å². The number of carbonyl (C=O) groups excluding carboxylic acids is 2. The topological polar surface area (TPSA) is 93.7 Å². The Labute approximate surface area is 221 Å². The van der Waals surface area contributed by atoms with Crippen LogP contribution in [0.15, 0.2) is 24.4 Å². The molecule has 194 valence electrons. The van der Waals surface area contributed by atoms with Gasteiger partial charge >= 0.3 is 6.09 Å². The fourth-order valence-corrected chi connectivity index (χ4v) is 5.30. The minimum absolute atomic E-state index is 0.0316. The van der Waals surface area contributed by atoms with Crippen molar-refractivity contribution < 1.29 is 19.1 Å². The Balaban J connectivity index is 1.49. The molecule has 2 atom stereocenters. The number of amides is 1. The second-order valence-electron chi connectivity index (χ2n) is 9.46. The van der Waals surface area contributed by atoms with Gasteiger partial charge in [0.2, 0.25) is 0 Å². The van der Waals surface area contributed by atoms with Crippen molar-refractivity contribution in [1.29, 1.82) is 0 Å². The summed E-state index contributed by atoms with van der Waals surface area (Å²) in [6.07, 6.45) is 4.79. The molecule has 2 aromatic rings. The van der Waals surface area contributed by atoms with E-state index in [2.05, 4.69) is 17.2 Å². The number of aromatic nitrogens is 2. The van der Waals surface area contributed by atoms with E-state index in [1.54, 1.807) is 17.0 Å². The van der Waals surface area contributed by atoms with Crippen LogP contribution < -0.4 is 5.32 Å². The van der Waals surface area contributed by atoms with Gasteiger partial charge in [-0.1, -0.05) is 23.2 Å². The van der Waals surface area contributed by atoms with E-state index in [1.165, 1.54) is 13.3 Å². The van der Waals surface area contributed by atoms with Crippen molar-refractivity contribution in [3.63, 3.8) is 0 Å². The van der Waals surface area contributed by atoms with Gasteiger partial charge in [0, 0.05) is 62.1 Å². The number of hydrogen-bond acceptors (Lipinski definition) is 7. The van der Waals surface area contributed by atoms with Gasteiger partial charge in [-0.15, -0.1) is 0 Å². The molecule has 2 saturated heterocycles. The SMILES string of the molecule is COC(=O)N1CCC[C@H](C(=O)Cc2cc(-c3nc(N[C@H](C)C4CCOCC4)ccc3Cl)c(Cl)cn2)C1. The van der Waals surface area contributed by atoms with Gasteiger partial charge in [0.15, 0.2) is 0 Å². The highest BCUT2D eigenvalue weighted by Gasteiger charge is 2.29. The highest BCUT2D eigenvalue weighted by atomic mass is 35.5. The van der Waals surface area contributed by atoms with Gasteiger partial charge in [-0.2, -0.15) is 0 Å². The number of nitrogens with zero attached hydrogens (tertiary/aromatic N) is 3. The Hall–Kier alpha value is -2.42. The summed E-state index contributed by atoms with van der Waals surface area (Å²) in [6, 6.07) is 5.67. The third kappa shape index (κ3) is 6.47. The lowest BCUT2D eigenvalue weighted by atomic mass is 9.91. The molecular formula is C26H32Cl2N4O4. The molecule has 0 radical (unpaired) electrons. The van der Waals surface area contributed by atoms with Gasteiger partial charge < -0.3 is 19.7 Å². The number of pyridine rings is 2. The molecule has 4 rings (SSSR count). The Kier molecular flexibility index (Phi) is 9.04. The number of halogens is 2. The molecule has 0 bridgehead atoms. The van der Waals surface area contributed by atoms with Crippen LogP contribution in [0.1, 0.15) is 38.3 Å². The lowest BCUT2D eigenvalue weighted by molar-refractivity contribution is -0.123. The first-order chi connectivity index (χ1) is 17.4. The number of hydrogen-bond donors (Lipinski definition) is 1. The average molecular weight is 535 g/mol. The smallest absolute Gasteiger partial charge is 0.409 e. The average Bonchev–Trinajstić information content (AvgIpc) is 2.91. The quantitative estimate of drug-likeness (QED) is 0.517. The summed E-state index contributed by atoms with van der Waals surface area (Å²) in [5.41, 5.74) is 1.75. The Bertz CT molecular complexity index is 1090. The molecule has 2 aromatic heterocycles. The molecule has 10 heteroatoms. The number of Topliss-reactive ketones (excluding diaryl/α,β-unsaturated/α-hetero) is 1. The van der Waals surface area contributed by atoms with Crippen LogP contribution in [0.3, 0.4) is 0 Å². The second-order valence-corrected chi connectivity index (χ2v) is 10.3. The summed E-state index contributed by atoms with van der Waals surface area (Å²) in [7, 11) is 1.35. The molecule has 0 unspecified atom stereocenters. The number of nitrogens with one attached hydrogen (secondary N) is 1. The van der Waals surface area contributed by atoms with Crippen LogP contribution in [0.5, 0.6) is 0 Å². The molecular weight excluding hydrogens is 503 g/mol. The number of rotatable bonds is 7. The molecule has 2 aliphatic heterocycles. The first-order valence-electron chi connectivity index (χ1n) is 12.4. The molecule has 1 amide bonds. The van der Waals surface area contributed by atoms with Gasteiger partial charge in [-0.05, 0) is 56.7 Å². The van der Waals surface area contributed by atoms with Crippen LogP contribution in [-0.4, -0.2) is 66.2 Å². The molecule has 1 N–H and O–H groups in total. The maximum atomic E-state index is 13.0. The number of piperidine rings is 1. The number of anilines is 1. The van der Waals surface area contributed by atoms with Crippen LogP contribution in [0.25, 0.3) is 11.3 Å². The zero-order valence-corrected chi connectivity index (χ0v) is 22.1. The summed E-state index contributed by atoms with van der Waals surface area (Å²) in [4.78, 5) is 35.6. The fourth-order valence-electron chi connectivity index (χ4n) is 4.90. The van der Waals surface area contributed by atoms with Gasteiger partial charge in [0.1, 0.15) is 11.6 Å². The van der Waals surface area contributed by atoms with E-state index in [1.807, 2.05) is 6.07 Å². The molecule has 0 spiro atoms. The van der Waals surface area contributed by atoms with Crippen molar-refractivity contribution in [2.24, 2.45) is 11.8 Å². The molecule has 8 nitrogen and oxygen atoms in total. The Morgan fingerprint density at radius 2 is 2.00 bits per heavy atom. The highest BCUT2D eigenvalue weighted by molar-refractivity contribution is 6.36. The maximum Gasteiger partial charge on any atom is 0.409 e. The Morgan fingerprint density at radius 1 is 1.22 bits per heavy atom. The summed E-state index contributed by atoms with van der Waals surface area (Å²) in [5, 5.41) is 4.37. The van der Waals surface area contributed by atoms with Gasteiger partial charge in [-0.25, -0.2) is 9.78 Å². The summed E-state index contributed by atoms with van der Waals surface area (Å²) in [6.45, 7) is 4.68. The predicted molar refractivity (Wildman–Crippen MR) is 140 cm³/mol. The highest BCUT2D eigenvalue weighted by Crippen LogP contribution is 2.34. The van der Waals surface area contributed by atoms with Crippen molar-refractivity contribution >= 4 is 40.9 Å². The van der Waals surface area contributed by atoms with Crippen LogP contribution in [0.2, 0.25) is 10.0 Å². The lowest BCUT2D eigenvalue weighted by Gasteiger charge is -2.30. The minimum Gasteiger partial charge on any atom is -0.453 e. The number of ether oxygens (including phenoxy) is 2. The zero-order chi connectivity index (χ0) is 25.7. The summed E-state index contributed by atoms with van der Waals surface area (Å²) >= 11 is 13.0. The monoisotopic (exact) mass is 534 g/mol. The largest absolute Gasteiger partial charge is 0.453 e. The number of likely N-dealkylation sites (tertiary alicyclic amines) is 1. The third-order valence-electron chi connectivity index (χ3n) is 7.03. The molecule has 4 heterocycles. The fraction of sp³-hybridized carbons (Fsp3) is 0.538. The van der Waals surface area contributed by atoms with E-state index in [0.717, 1.165) is 38.9 Å². The normalized spacial score (nSPS) is 19.6. The second kappa shape index (κ2) is 12.2. The Morgan fingerprint density at radius 3 is 2.75 bits per heavy atom.